The van der Waals surface area contributed by atoms with Crippen molar-refractivity contribution in [3.8, 4) is 5.75 Å². The highest BCUT2D eigenvalue weighted by atomic mass is 35.5. The fourth-order valence-corrected chi connectivity index (χ4v) is 2.20. The van der Waals surface area contributed by atoms with Gasteiger partial charge in [-0.1, -0.05) is 6.07 Å². The summed E-state index contributed by atoms with van der Waals surface area (Å²) in [4.78, 5) is 12.1. The van der Waals surface area contributed by atoms with Crippen LogP contribution >= 0.6 is 12.4 Å². The van der Waals surface area contributed by atoms with E-state index in [1.54, 1.807) is 12.1 Å². The summed E-state index contributed by atoms with van der Waals surface area (Å²) >= 11 is 0. The Labute approximate surface area is 136 Å². The van der Waals surface area contributed by atoms with Gasteiger partial charge < -0.3 is 20.1 Å². The van der Waals surface area contributed by atoms with Gasteiger partial charge in [-0.05, 0) is 26.0 Å². The molecule has 1 amide bonds. The minimum Gasteiger partial charge on any atom is -0.489 e. The van der Waals surface area contributed by atoms with Crippen molar-refractivity contribution in [1.29, 1.82) is 0 Å². The molecule has 124 valence electrons. The Bertz CT molecular complexity index is 490. The maximum absolute atomic E-state index is 13.0. The smallest absolute Gasteiger partial charge is 0.239 e. The van der Waals surface area contributed by atoms with Crippen LogP contribution in [0.2, 0.25) is 0 Å². The number of rotatable bonds is 5. The van der Waals surface area contributed by atoms with Gasteiger partial charge in [0.2, 0.25) is 5.91 Å². The fraction of sp³-hybridized carbons (Fsp3) is 0.533. The van der Waals surface area contributed by atoms with Gasteiger partial charge >= 0.3 is 0 Å². The van der Waals surface area contributed by atoms with Gasteiger partial charge in [0.05, 0.1) is 19.3 Å². The molecule has 1 fully saturated rings. The maximum Gasteiger partial charge on any atom is 0.239 e. The van der Waals surface area contributed by atoms with Crippen LogP contribution in [0.5, 0.6) is 5.75 Å². The van der Waals surface area contributed by atoms with Gasteiger partial charge in [0.1, 0.15) is 23.7 Å². The molecular formula is C15H22ClFN2O3. The number of benzene rings is 1. The number of amides is 1. The Morgan fingerprint density at radius 3 is 3.05 bits per heavy atom. The van der Waals surface area contributed by atoms with Crippen molar-refractivity contribution in [3.63, 3.8) is 0 Å². The molecule has 0 saturated carbocycles. The van der Waals surface area contributed by atoms with Crippen molar-refractivity contribution < 1.29 is 18.7 Å². The standard InChI is InChI=1S/C15H21FN2O3.ClH/c1-10(21-13-5-3-4-12(16)8-13)9-18-15(19)14-11(2)20-7-6-17-14;/h3-5,8,10-11,14,17H,6-7,9H2,1-2H3,(H,18,19);1H/t10?,11-,14+;/m1./s1. The minimum absolute atomic E-state index is 0. The second-order valence-corrected chi connectivity index (χ2v) is 5.14. The number of nitrogens with one attached hydrogen (secondary N) is 2. The highest BCUT2D eigenvalue weighted by Gasteiger charge is 2.28. The summed E-state index contributed by atoms with van der Waals surface area (Å²) in [5.74, 6) is -0.0118. The summed E-state index contributed by atoms with van der Waals surface area (Å²) in [6.07, 6.45) is -0.409. The summed E-state index contributed by atoms with van der Waals surface area (Å²) in [5.41, 5.74) is 0. The predicted molar refractivity (Wildman–Crippen MR) is 84.0 cm³/mol. The van der Waals surface area contributed by atoms with Gasteiger partial charge in [-0.15, -0.1) is 12.4 Å². The molecule has 0 bridgehead atoms. The predicted octanol–water partition coefficient (Wildman–Crippen LogP) is 1.51. The van der Waals surface area contributed by atoms with Gasteiger partial charge in [0.25, 0.3) is 0 Å². The van der Waals surface area contributed by atoms with E-state index in [0.29, 0.717) is 25.4 Å². The molecule has 1 aliphatic rings. The highest BCUT2D eigenvalue weighted by Crippen LogP contribution is 2.13. The monoisotopic (exact) mass is 332 g/mol. The van der Waals surface area contributed by atoms with E-state index in [4.69, 9.17) is 9.47 Å². The molecule has 1 unspecified atom stereocenters. The van der Waals surface area contributed by atoms with E-state index in [0.717, 1.165) is 0 Å². The Hall–Kier alpha value is -1.37. The zero-order chi connectivity index (χ0) is 15.2. The van der Waals surface area contributed by atoms with Crippen molar-refractivity contribution in [3.05, 3.63) is 30.1 Å². The Morgan fingerprint density at radius 2 is 2.36 bits per heavy atom. The number of hydrogen-bond acceptors (Lipinski definition) is 4. The Kier molecular flexibility index (Phi) is 7.58. The molecule has 2 N–H and O–H groups in total. The molecule has 1 aromatic carbocycles. The lowest BCUT2D eigenvalue weighted by Gasteiger charge is -2.29. The summed E-state index contributed by atoms with van der Waals surface area (Å²) in [5, 5.41) is 5.94. The summed E-state index contributed by atoms with van der Waals surface area (Å²) in [6.45, 7) is 5.31. The Morgan fingerprint density at radius 1 is 1.59 bits per heavy atom. The van der Waals surface area contributed by atoms with Crippen molar-refractivity contribution in [2.75, 3.05) is 19.7 Å². The van der Waals surface area contributed by atoms with Crippen LogP contribution in [0.25, 0.3) is 0 Å². The first-order chi connectivity index (χ1) is 10.1. The number of halogens is 2. The van der Waals surface area contributed by atoms with Crippen molar-refractivity contribution in [2.45, 2.75) is 32.1 Å². The third-order valence-electron chi connectivity index (χ3n) is 3.30. The largest absolute Gasteiger partial charge is 0.489 e. The lowest BCUT2D eigenvalue weighted by Crippen LogP contribution is -2.56. The molecule has 1 saturated heterocycles. The molecule has 1 aromatic rings. The second-order valence-electron chi connectivity index (χ2n) is 5.14. The van der Waals surface area contributed by atoms with Crippen molar-refractivity contribution in [1.82, 2.24) is 10.6 Å². The molecule has 0 spiro atoms. The number of carbonyl (C=O) groups is 1. The van der Waals surface area contributed by atoms with E-state index < -0.39 is 0 Å². The van der Waals surface area contributed by atoms with Gasteiger partial charge in [-0.2, -0.15) is 0 Å². The number of hydrogen-bond donors (Lipinski definition) is 2. The Balaban J connectivity index is 0.00000242. The molecule has 0 aliphatic carbocycles. The molecule has 22 heavy (non-hydrogen) atoms. The van der Waals surface area contributed by atoms with Crippen LogP contribution in [0.4, 0.5) is 4.39 Å². The molecule has 0 radical (unpaired) electrons. The van der Waals surface area contributed by atoms with Crippen molar-refractivity contribution in [2.24, 2.45) is 0 Å². The van der Waals surface area contributed by atoms with Gasteiger partial charge in [0, 0.05) is 12.6 Å². The molecule has 0 aromatic heterocycles. The topological polar surface area (TPSA) is 59.6 Å². The van der Waals surface area contributed by atoms with Crippen LogP contribution < -0.4 is 15.4 Å². The normalized spacial score (nSPS) is 22.3. The van der Waals surface area contributed by atoms with E-state index in [9.17, 15) is 9.18 Å². The molecular weight excluding hydrogens is 311 g/mol. The third-order valence-corrected chi connectivity index (χ3v) is 3.30. The number of carbonyl (C=O) groups excluding carboxylic acids is 1. The minimum atomic E-state index is -0.347. The summed E-state index contributed by atoms with van der Waals surface area (Å²) in [7, 11) is 0. The van der Waals surface area contributed by atoms with E-state index in [2.05, 4.69) is 10.6 Å². The second kappa shape index (κ2) is 8.92. The first-order valence-corrected chi connectivity index (χ1v) is 7.11. The molecule has 1 heterocycles. The molecule has 5 nitrogen and oxygen atoms in total. The lowest BCUT2D eigenvalue weighted by atomic mass is 10.1. The molecule has 2 rings (SSSR count). The van der Waals surface area contributed by atoms with Crippen LogP contribution in [0.15, 0.2) is 24.3 Å². The summed E-state index contributed by atoms with van der Waals surface area (Å²) in [6, 6.07) is 5.59. The average Bonchev–Trinajstić information content (AvgIpc) is 2.45. The maximum atomic E-state index is 13.0. The average molecular weight is 333 g/mol. The first kappa shape index (κ1) is 18.7. The first-order valence-electron chi connectivity index (χ1n) is 7.11. The zero-order valence-electron chi connectivity index (χ0n) is 12.7. The van der Waals surface area contributed by atoms with Crippen LogP contribution in [-0.2, 0) is 9.53 Å². The molecule has 3 atom stereocenters. The van der Waals surface area contributed by atoms with E-state index in [-0.39, 0.29) is 42.4 Å². The van der Waals surface area contributed by atoms with Gasteiger partial charge in [-0.3, -0.25) is 4.79 Å². The van der Waals surface area contributed by atoms with Gasteiger partial charge in [0.15, 0.2) is 0 Å². The molecule has 1 aliphatic heterocycles. The van der Waals surface area contributed by atoms with Gasteiger partial charge in [-0.25, -0.2) is 4.39 Å². The lowest BCUT2D eigenvalue weighted by molar-refractivity contribution is -0.129. The SMILES string of the molecule is CC(CNC(=O)[C@H]1NCCO[C@@H]1C)Oc1cccc(F)c1.Cl. The van der Waals surface area contributed by atoms with Crippen LogP contribution in [0.1, 0.15) is 13.8 Å². The zero-order valence-corrected chi connectivity index (χ0v) is 13.5. The molecule has 7 heteroatoms. The fourth-order valence-electron chi connectivity index (χ4n) is 2.20. The van der Waals surface area contributed by atoms with E-state index in [1.165, 1.54) is 12.1 Å². The van der Waals surface area contributed by atoms with Crippen LogP contribution in [0.3, 0.4) is 0 Å². The number of ether oxygens (including phenoxy) is 2. The van der Waals surface area contributed by atoms with E-state index in [1.807, 2.05) is 13.8 Å². The number of morpholine rings is 1. The highest BCUT2D eigenvalue weighted by molar-refractivity contribution is 5.85. The summed E-state index contributed by atoms with van der Waals surface area (Å²) < 4.78 is 24.0. The quantitative estimate of drug-likeness (QED) is 0.858. The van der Waals surface area contributed by atoms with Crippen LogP contribution in [-0.4, -0.2) is 43.9 Å². The van der Waals surface area contributed by atoms with Crippen molar-refractivity contribution >= 4 is 18.3 Å². The van der Waals surface area contributed by atoms with E-state index >= 15 is 0 Å². The van der Waals surface area contributed by atoms with Crippen LogP contribution in [0, 0.1) is 5.82 Å². The third kappa shape index (κ3) is 5.44.